The first kappa shape index (κ1) is 13.7. The molecule has 2 heteroatoms. The van der Waals surface area contributed by atoms with Gasteiger partial charge in [-0.2, -0.15) is 0 Å². The highest BCUT2D eigenvalue weighted by atomic mass is 16.3. The Kier molecular flexibility index (Phi) is 3.84. The lowest BCUT2D eigenvalue weighted by molar-refractivity contribution is 0.482. The summed E-state index contributed by atoms with van der Waals surface area (Å²) >= 11 is 0. The summed E-state index contributed by atoms with van der Waals surface area (Å²) in [6.45, 7) is 8.52. The number of furan rings is 1. The Balaban J connectivity index is 1.89. The molecule has 0 amide bonds. The van der Waals surface area contributed by atoms with Crippen molar-refractivity contribution in [3.8, 4) is 0 Å². The minimum atomic E-state index is 0.673. The highest BCUT2D eigenvalue weighted by molar-refractivity contribution is 5.83. The number of nitrogens with one attached hydrogen (secondary N) is 1. The maximum atomic E-state index is 6.08. The van der Waals surface area contributed by atoms with Crippen LogP contribution in [0.15, 0.2) is 16.5 Å². The summed E-state index contributed by atoms with van der Waals surface area (Å²) in [5.41, 5.74) is 5.42. The Morgan fingerprint density at radius 1 is 1.15 bits per heavy atom. The van der Waals surface area contributed by atoms with E-state index in [0.29, 0.717) is 5.92 Å². The molecule has 0 radical (unpaired) electrons. The second-order valence-corrected chi connectivity index (χ2v) is 6.50. The Labute approximate surface area is 121 Å². The number of hydrogen-bond acceptors (Lipinski definition) is 2. The SMILES string of the molecule is Cc1c(CNCC(C)C)oc2cc3c(cc12)CCCC3. The lowest BCUT2D eigenvalue weighted by atomic mass is 9.90. The molecule has 0 atom stereocenters. The molecule has 0 bridgehead atoms. The third-order valence-electron chi connectivity index (χ3n) is 4.34. The van der Waals surface area contributed by atoms with Crippen molar-refractivity contribution in [1.29, 1.82) is 0 Å². The average Bonchev–Trinajstić information content (AvgIpc) is 2.73. The van der Waals surface area contributed by atoms with Gasteiger partial charge in [0.05, 0.1) is 6.54 Å². The van der Waals surface area contributed by atoms with Crippen molar-refractivity contribution in [1.82, 2.24) is 5.32 Å². The van der Waals surface area contributed by atoms with Gasteiger partial charge in [-0.3, -0.25) is 0 Å². The summed E-state index contributed by atoms with van der Waals surface area (Å²) in [5.74, 6) is 1.77. The molecule has 1 aromatic carbocycles. The lowest BCUT2D eigenvalue weighted by Crippen LogP contribution is -2.18. The Bertz CT molecular complexity index is 609. The fourth-order valence-electron chi connectivity index (χ4n) is 3.14. The van der Waals surface area contributed by atoms with Gasteiger partial charge in [-0.05, 0) is 73.9 Å². The molecule has 1 heterocycles. The second kappa shape index (κ2) is 5.61. The normalized spacial score (nSPS) is 15.0. The van der Waals surface area contributed by atoms with E-state index in [1.54, 1.807) is 0 Å². The van der Waals surface area contributed by atoms with Crippen LogP contribution < -0.4 is 5.32 Å². The predicted molar refractivity (Wildman–Crippen MR) is 84.1 cm³/mol. The van der Waals surface area contributed by atoms with Crippen molar-refractivity contribution < 1.29 is 4.42 Å². The van der Waals surface area contributed by atoms with Gasteiger partial charge >= 0.3 is 0 Å². The summed E-state index contributed by atoms with van der Waals surface area (Å²) < 4.78 is 6.08. The lowest BCUT2D eigenvalue weighted by Gasteiger charge is -2.14. The molecular weight excluding hydrogens is 246 g/mol. The molecule has 1 aliphatic rings. The van der Waals surface area contributed by atoms with Gasteiger partial charge in [0.15, 0.2) is 0 Å². The summed E-state index contributed by atoms with van der Waals surface area (Å²) in [7, 11) is 0. The summed E-state index contributed by atoms with van der Waals surface area (Å²) in [6.07, 6.45) is 5.10. The smallest absolute Gasteiger partial charge is 0.134 e. The molecule has 1 aromatic heterocycles. The fourth-order valence-corrected chi connectivity index (χ4v) is 3.14. The van der Waals surface area contributed by atoms with Crippen LogP contribution in [0.5, 0.6) is 0 Å². The van der Waals surface area contributed by atoms with Gasteiger partial charge in [-0.25, -0.2) is 0 Å². The van der Waals surface area contributed by atoms with E-state index in [2.05, 4.69) is 38.2 Å². The first-order chi connectivity index (χ1) is 9.65. The molecule has 0 saturated heterocycles. The van der Waals surface area contributed by atoms with E-state index in [9.17, 15) is 0 Å². The van der Waals surface area contributed by atoms with Gasteiger partial charge in [0.1, 0.15) is 11.3 Å². The van der Waals surface area contributed by atoms with E-state index in [1.165, 1.54) is 47.8 Å². The van der Waals surface area contributed by atoms with Crippen LogP contribution in [0.25, 0.3) is 11.0 Å². The summed E-state index contributed by atoms with van der Waals surface area (Å²) in [4.78, 5) is 0. The highest BCUT2D eigenvalue weighted by Gasteiger charge is 2.15. The zero-order valence-electron chi connectivity index (χ0n) is 12.9. The van der Waals surface area contributed by atoms with Crippen LogP contribution in [0, 0.1) is 12.8 Å². The van der Waals surface area contributed by atoms with E-state index in [-0.39, 0.29) is 0 Å². The molecular formula is C18H25NO. The molecule has 0 fully saturated rings. The molecule has 0 unspecified atom stereocenters. The van der Waals surface area contributed by atoms with Crippen LogP contribution in [0.3, 0.4) is 0 Å². The van der Waals surface area contributed by atoms with Crippen LogP contribution in [0.4, 0.5) is 0 Å². The van der Waals surface area contributed by atoms with Gasteiger partial charge in [-0.15, -0.1) is 0 Å². The van der Waals surface area contributed by atoms with E-state index in [1.807, 2.05) is 0 Å². The van der Waals surface area contributed by atoms with E-state index < -0.39 is 0 Å². The van der Waals surface area contributed by atoms with Gasteiger partial charge in [-0.1, -0.05) is 13.8 Å². The second-order valence-electron chi connectivity index (χ2n) is 6.50. The maximum absolute atomic E-state index is 6.08. The quantitative estimate of drug-likeness (QED) is 0.893. The van der Waals surface area contributed by atoms with E-state index in [0.717, 1.165) is 24.4 Å². The van der Waals surface area contributed by atoms with Gasteiger partial charge in [0.25, 0.3) is 0 Å². The highest BCUT2D eigenvalue weighted by Crippen LogP contribution is 2.31. The predicted octanol–water partition coefficient (Wildman–Crippen LogP) is 4.37. The van der Waals surface area contributed by atoms with E-state index in [4.69, 9.17) is 4.42 Å². The molecule has 3 rings (SSSR count). The largest absolute Gasteiger partial charge is 0.459 e. The molecule has 1 N–H and O–H groups in total. The molecule has 1 aliphatic carbocycles. The number of aryl methyl sites for hydroxylation is 3. The van der Waals surface area contributed by atoms with Gasteiger partial charge in [0, 0.05) is 5.39 Å². The Morgan fingerprint density at radius 3 is 2.55 bits per heavy atom. The van der Waals surface area contributed by atoms with Crippen LogP contribution in [0.1, 0.15) is 49.1 Å². The summed E-state index contributed by atoms with van der Waals surface area (Å²) in [5, 5.41) is 4.79. The van der Waals surface area contributed by atoms with Crippen molar-refractivity contribution in [2.45, 2.75) is 53.0 Å². The van der Waals surface area contributed by atoms with E-state index >= 15 is 0 Å². The standard InChI is InChI=1S/C18H25NO/c1-12(2)10-19-11-18-13(3)16-8-14-6-4-5-7-15(14)9-17(16)20-18/h8-9,12,19H,4-7,10-11H2,1-3H3. The van der Waals surface area contributed by atoms with Crippen molar-refractivity contribution in [3.63, 3.8) is 0 Å². The number of fused-ring (bicyclic) bond motifs is 2. The van der Waals surface area contributed by atoms with Crippen molar-refractivity contribution in [3.05, 3.63) is 34.6 Å². The van der Waals surface area contributed by atoms with Crippen LogP contribution in [-0.2, 0) is 19.4 Å². The molecule has 0 aliphatic heterocycles. The number of rotatable bonds is 4. The maximum Gasteiger partial charge on any atom is 0.134 e. The molecule has 2 aromatic rings. The minimum Gasteiger partial charge on any atom is -0.459 e. The first-order valence-corrected chi connectivity index (χ1v) is 7.89. The average molecular weight is 271 g/mol. The van der Waals surface area contributed by atoms with Crippen LogP contribution in [0.2, 0.25) is 0 Å². The number of hydrogen-bond donors (Lipinski definition) is 1. The minimum absolute atomic E-state index is 0.673. The zero-order valence-corrected chi connectivity index (χ0v) is 12.9. The van der Waals surface area contributed by atoms with Crippen molar-refractivity contribution in [2.75, 3.05) is 6.54 Å². The molecule has 0 saturated carbocycles. The third-order valence-corrected chi connectivity index (χ3v) is 4.34. The van der Waals surface area contributed by atoms with Gasteiger partial charge in [0.2, 0.25) is 0 Å². The Hall–Kier alpha value is -1.28. The summed E-state index contributed by atoms with van der Waals surface area (Å²) in [6, 6.07) is 4.65. The zero-order chi connectivity index (χ0) is 14.1. The molecule has 0 spiro atoms. The number of benzene rings is 1. The first-order valence-electron chi connectivity index (χ1n) is 7.89. The monoisotopic (exact) mass is 271 g/mol. The topological polar surface area (TPSA) is 25.2 Å². The van der Waals surface area contributed by atoms with Gasteiger partial charge < -0.3 is 9.73 Å². The molecule has 108 valence electrons. The fraction of sp³-hybridized carbons (Fsp3) is 0.556. The molecule has 2 nitrogen and oxygen atoms in total. The third kappa shape index (κ3) is 2.62. The van der Waals surface area contributed by atoms with Crippen molar-refractivity contribution in [2.24, 2.45) is 5.92 Å². The van der Waals surface area contributed by atoms with Crippen molar-refractivity contribution >= 4 is 11.0 Å². The van der Waals surface area contributed by atoms with Crippen LogP contribution >= 0.6 is 0 Å². The Morgan fingerprint density at radius 2 is 1.85 bits per heavy atom. The molecule has 20 heavy (non-hydrogen) atoms. The van der Waals surface area contributed by atoms with Crippen LogP contribution in [-0.4, -0.2) is 6.54 Å².